The van der Waals surface area contributed by atoms with Crippen LogP contribution in [0.5, 0.6) is 0 Å². The molecule has 0 aromatic carbocycles. The van der Waals surface area contributed by atoms with Crippen molar-refractivity contribution in [1.82, 2.24) is 0 Å². The third-order valence-corrected chi connectivity index (χ3v) is 3.62. The van der Waals surface area contributed by atoms with E-state index in [1.165, 1.54) is 26.4 Å². The van der Waals surface area contributed by atoms with Gasteiger partial charge in [-0.05, 0) is 31.1 Å². The maximum atomic E-state index is 11.1. The van der Waals surface area contributed by atoms with Gasteiger partial charge in [0.25, 0.3) is 0 Å². The van der Waals surface area contributed by atoms with Gasteiger partial charge in [-0.25, -0.2) is 0 Å². The Morgan fingerprint density at radius 3 is 2.75 bits per heavy atom. The molecule has 0 amide bonds. The molecule has 3 unspecified atom stereocenters. The number of methoxy groups -OCH3 is 1. The SMILES string of the molecule is CCCCCC1CC(CC(=O)OC)CC1O. The lowest BCUT2D eigenvalue weighted by Gasteiger charge is -2.13. The topological polar surface area (TPSA) is 46.5 Å². The molecule has 0 aromatic rings. The zero-order chi connectivity index (χ0) is 12.0. The second kappa shape index (κ2) is 6.89. The van der Waals surface area contributed by atoms with Gasteiger partial charge in [0.2, 0.25) is 0 Å². The minimum Gasteiger partial charge on any atom is -0.469 e. The Balaban J connectivity index is 2.26. The largest absolute Gasteiger partial charge is 0.469 e. The summed E-state index contributed by atoms with van der Waals surface area (Å²) in [6.07, 6.45) is 6.78. The lowest BCUT2D eigenvalue weighted by Crippen LogP contribution is -2.12. The van der Waals surface area contributed by atoms with Crippen molar-refractivity contribution in [2.75, 3.05) is 7.11 Å². The number of aliphatic hydroxyl groups excluding tert-OH is 1. The minimum atomic E-state index is -0.202. The summed E-state index contributed by atoms with van der Waals surface area (Å²) in [5, 5.41) is 9.89. The molecular formula is C13H24O3. The van der Waals surface area contributed by atoms with Gasteiger partial charge in [-0.2, -0.15) is 0 Å². The second-order valence-corrected chi connectivity index (χ2v) is 4.94. The second-order valence-electron chi connectivity index (χ2n) is 4.94. The molecule has 0 aliphatic heterocycles. The molecule has 3 atom stereocenters. The van der Waals surface area contributed by atoms with E-state index in [0.29, 0.717) is 18.3 Å². The number of rotatable bonds is 6. The molecule has 1 aliphatic carbocycles. The average molecular weight is 228 g/mol. The van der Waals surface area contributed by atoms with E-state index in [-0.39, 0.29) is 12.1 Å². The first-order valence-corrected chi connectivity index (χ1v) is 6.42. The highest BCUT2D eigenvalue weighted by molar-refractivity contribution is 5.69. The van der Waals surface area contributed by atoms with Crippen LogP contribution in [-0.4, -0.2) is 24.3 Å². The van der Waals surface area contributed by atoms with E-state index in [9.17, 15) is 9.90 Å². The van der Waals surface area contributed by atoms with Crippen LogP contribution < -0.4 is 0 Å². The van der Waals surface area contributed by atoms with Crippen molar-refractivity contribution in [2.24, 2.45) is 11.8 Å². The maximum Gasteiger partial charge on any atom is 0.305 e. The normalized spacial score (nSPS) is 29.3. The predicted octanol–water partition coefficient (Wildman–Crippen LogP) is 2.52. The van der Waals surface area contributed by atoms with Crippen LogP contribution in [0.2, 0.25) is 0 Å². The molecule has 0 spiro atoms. The summed E-state index contributed by atoms with van der Waals surface area (Å²) in [6, 6.07) is 0. The predicted molar refractivity (Wildman–Crippen MR) is 63.0 cm³/mol. The summed E-state index contributed by atoms with van der Waals surface area (Å²) in [5.41, 5.74) is 0. The molecular weight excluding hydrogens is 204 g/mol. The van der Waals surface area contributed by atoms with Crippen LogP contribution in [-0.2, 0) is 9.53 Å². The molecule has 1 rings (SSSR count). The summed E-state index contributed by atoms with van der Waals surface area (Å²) in [4.78, 5) is 11.1. The van der Waals surface area contributed by atoms with Crippen LogP contribution in [0.1, 0.15) is 51.9 Å². The van der Waals surface area contributed by atoms with Gasteiger partial charge >= 0.3 is 5.97 Å². The van der Waals surface area contributed by atoms with Crippen molar-refractivity contribution in [3.63, 3.8) is 0 Å². The van der Waals surface area contributed by atoms with Crippen LogP contribution in [0.25, 0.3) is 0 Å². The number of esters is 1. The monoisotopic (exact) mass is 228 g/mol. The van der Waals surface area contributed by atoms with E-state index < -0.39 is 0 Å². The molecule has 16 heavy (non-hydrogen) atoms. The molecule has 1 aliphatic rings. The van der Waals surface area contributed by atoms with Crippen molar-refractivity contribution >= 4 is 5.97 Å². The number of aliphatic hydroxyl groups is 1. The standard InChI is InChI=1S/C13H24O3/c1-3-4-5-6-11-7-10(8-12(11)14)9-13(15)16-2/h10-12,14H,3-9H2,1-2H3. The number of hydrogen-bond donors (Lipinski definition) is 1. The van der Waals surface area contributed by atoms with Gasteiger partial charge in [0, 0.05) is 6.42 Å². The van der Waals surface area contributed by atoms with E-state index in [1.807, 2.05) is 0 Å². The summed E-state index contributed by atoms with van der Waals surface area (Å²) < 4.78 is 4.66. The number of hydrogen-bond acceptors (Lipinski definition) is 3. The Morgan fingerprint density at radius 1 is 1.38 bits per heavy atom. The molecule has 0 saturated heterocycles. The van der Waals surface area contributed by atoms with E-state index in [4.69, 9.17) is 0 Å². The van der Waals surface area contributed by atoms with Gasteiger partial charge in [-0.1, -0.05) is 26.2 Å². The van der Waals surface area contributed by atoms with E-state index in [1.54, 1.807) is 0 Å². The molecule has 0 aromatic heterocycles. The first-order valence-electron chi connectivity index (χ1n) is 6.42. The third-order valence-electron chi connectivity index (χ3n) is 3.62. The molecule has 3 heteroatoms. The molecule has 94 valence electrons. The third kappa shape index (κ3) is 4.12. The first-order chi connectivity index (χ1) is 7.67. The van der Waals surface area contributed by atoms with Gasteiger partial charge in [-0.15, -0.1) is 0 Å². The summed E-state index contributed by atoms with van der Waals surface area (Å²) in [6.45, 7) is 2.19. The Kier molecular flexibility index (Phi) is 5.81. The van der Waals surface area contributed by atoms with Crippen LogP contribution in [0.3, 0.4) is 0 Å². The number of unbranched alkanes of at least 4 members (excludes halogenated alkanes) is 2. The molecule has 3 nitrogen and oxygen atoms in total. The van der Waals surface area contributed by atoms with Crippen LogP contribution in [0.4, 0.5) is 0 Å². The smallest absolute Gasteiger partial charge is 0.305 e. The lowest BCUT2D eigenvalue weighted by molar-refractivity contribution is -0.141. The van der Waals surface area contributed by atoms with Crippen molar-refractivity contribution in [1.29, 1.82) is 0 Å². The van der Waals surface area contributed by atoms with Crippen molar-refractivity contribution < 1.29 is 14.6 Å². The van der Waals surface area contributed by atoms with Crippen LogP contribution >= 0.6 is 0 Å². The maximum absolute atomic E-state index is 11.1. The average Bonchev–Trinajstić information content (AvgIpc) is 2.59. The Morgan fingerprint density at radius 2 is 2.12 bits per heavy atom. The van der Waals surface area contributed by atoms with Gasteiger partial charge < -0.3 is 9.84 Å². The van der Waals surface area contributed by atoms with Gasteiger partial charge in [-0.3, -0.25) is 4.79 Å². The molecule has 1 fully saturated rings. The highest BCUT2D eigenvalue weighted by atomic mass is 16.5. The van der Waals surface area contributed by atoms with Gasteiger partial charge in [0.05, 0.1) is 13.2 Å². The van der Waals surface area contributed by atoms with E-state index in [0.717, 1.165) is 19.3 Å². The summed E-state index contributed by atoms with van der Waals surface area (Å²) in [5.74, 6) is 0.585. The zero-order valence-corrected chi connectivity index (χ0v) is 10.4. The van der Waals surface area contributed by atoms with Crippen molar-refractivity contribution in [3.05, 3.63) is 0 Å². The molecule has 1 N–H and O–H groups in total. The quantitative estimate of drug-likeness (QED) is 0.561. The molecule has 1 saturated carbocycles. The molecule has 0 bridgehead atoms. The fraction of sp³-hybridized carbons (Fsp3) is 0.923. The summed E-state index contributed by atoms with van der Waals surface area (Å²) in [7, 11) is 1.42. The fourth-order valence-electron chi connectivity index (χ4n) is 2.67. The van der Waals surface area contributed by atoms with Crippen molar-refractivity contribution in [2.45, 2.75) is 58.0 Å². The minimum absolute atomic E-state index is 0.147. The first kappa shape index (κ1) is 13.5. The number of ether oxygens (including phenoxy) is 1. The Labute approximate surface area is 98.2 Å². The van der Waals surface area contributed by atoms with Gasteiger partial charge in [0.15, 0.2) is 0 Å². The number of carbonyl (C=O) groups is 1. The van der Waals surface area contributed by atoms with E-state index >= 15 is 0 Å². The lowest BCUT2D eigenvalue weighted by atomic mass is 9.96. The highest BCUT2D eigenvalue weighted by Gasteiger charge is 2.33. The summed E-state index contributed by atoms with van der Waals surface area (Å²) >= 11 is 0. The van der Waals surface area contributed by atoms with Crippen LogP contribution in [0.15, 0.2) is 0 Å². The Bertz CT molecular complexity index is 215. The molecule has 0 heterocycles. The van der Waals surface area contributed by atoms with Gasteiger partial charge in [0.1, 0.15) is 0 Å². The van der Waals surface area contributed by atoms with Crippen LogP contribution in [0, 0.1) is 11.8 Å². The fourth-order valence-corrected chi connectivity index (χ4v) is 2.67. The Hall–Kier alpha value is -0.570. The molecule has 0 radical (unpaired) electrons. The zero-order valence-electron chi connectivity index (χ0n) is 10.4. The highest BCUT2D eigenvalue weighted by Crippen LogP contribution is 2.36. The number of carbonyl (C=O) groups excluding carboxylic acids is 1. The van der Waals surface area contributed by atoms with E-state index in [2.05, 4.69) is 11.7 Å². The van der Waals surface area contributed by atoms with Crippen molar-refractivity contribution in [3.8, 4) is 0 Å².